The van der Waals surface area contributed by atoms with Crippen LogP contribution in [0.2, 0.25) is 0 Å². The molecule has 54 valence electrons. The second-order valence-electron chi connectivity index (χ2n) is 2.14. The van der Waals surface area contributed by atoms with Crippen LogP contribution in [-0.2, 0) is 0 Å². The van der Waals surface area contributed by atoms with Crippen LogP contribution < -0.4 is 0 Å². The van der Waals surface area contributed by atoms with Gasteiger partial charge in [0.05, 0.1) is 5.71 Å². The normalized spacial score (nSPS) is 20.8. The predicted octanol–water partition coefficient (Wildman–Crippen LogP) is 0.462. The standard InChI is InChI=1S/C6H4N4O/c1-3-4-5(8-2-7-4)10-6(11)9-3/h2H,1H3. The molecule has 2 aliphatic rings. The van der Waals surface area contributed by atoms with Crippen LogP contribution in [0.25, 0.3) is 0 Å². The summed E-state index contributed by atoms with van der Waals surface area (Å²) in [4.78, 5) is 25.5. The van der Waals surface area contributed by atoms with Gasteiger partial charge in [0.25, 0.3) is 0 Å². The summed E-state index contributed by atoms with van der Waals surface area (Å²) < 4.78 is 0. The zero-order valence-corrected chi connectivity index (χ0v) is 5.77. The van der Waals surface area contributed by atoms with Gasteiger partial charge in [-0.25, -0.2) is 14.8 Å². The van der Waals surface area contributed by atoms with Crippen LogP contribution in [0.1, 0.15) is 6.92 Å². The van der Waals surface area contributed by atoms with Crippen LogP contribution in [0.4, 0.5) is 4.79 Å². The van der Waals surface area contributed by atoms with Crippen molar-refractivity contribution in [1.82, 2.24) is 0 Å². The molecule has 2 heterocycles. The Morgan fingerprint density at radius 3 is 3.00 bits per heavy atom. The minimum atomic E-state index is -0.504. The summed E-state index contributed by atoms with van der Waals surface area (Å²) in [5, 5.41) is 0. The second-order valence-corrected chi connectivity index (χ2v) is 2.14. The fourth-order valence-electron chi connectivity index (χ4n) is 0.909. The largest absolute Gasteiger partial charge is 0.369 e. The quantitative estimate of drug-likeness (QED) is 0.492. The third-order valence-corrected chi connectivity index (χ3v) is 1.39. The molecule has 0 spiro atoms. The molecule has 5 nitrogen and oxygen atoms in total. The number of hydrogen-bond donors (Lipinski definition) is 0. The molecular weight excluding hydrogens is 144 g/mol. The van der Waals surface area contributed by atoms with Gasteiger partial charge in [0.2, 0.25) is 0 Å². The van der Waals surface area contributed by atoms with Gasteiger partial charge in [0.15, 0.2) is 5.84 Å². The van der Waals surface area contributed by atoms with Gasteiger partial charge in [-0.05, 0) is 6.92 Å². The molecule has 0 unspecified atom stereocenters. The van der Waals surface area contributed by atoms with Crippen molar-refractivity contribution in [3.8, 4) is 0 Å². The molecule has 0 aromatic rings. The van der Waals surface area contributed by atoms with Crippen molar-refractivity contribution in [3.05, 3.63) is 0 Å². The number of carbonyl (C=O) groups is 1. The van der Waals surface area contributed by atoms with Gasteiger partial charge in [0.1, 0.15) is 12.1 Å². The maximum atomic E-state index is 10.7. The van der Waals surface area contributed by atoms with Crippen molar-refractivity contribution in [2.75, 3.05) is 0 Å². The minimum Gasteiger partial charge on any atom is -0.244 e. The van der Waals surface area contributed by atoms with E-state index < -0.39 is 6.03 Å². The molecule has 0 aromatic carbocycles. The zero-order chi connectivity index (χ0) is 7.84. The number of aliphatic imine (C=N–C) groups is 4. The van der Waals surface area contributed by atoms with E-state index in [0.29, 0.717) is 17.3 Å². The molecule has 0 saturated heterocycles. The zero-order valence-electron chi connectivity index (χ0n) is 5.77. The van der Waals surface area contributed by atoms with Crippen molar-refractivity contribution in [3.63, 3.8) is 0 Å². The molecule has 0 N–H and O–H groups in total. The average Bonchev–Trinajstić information content (AvgIpc) is 2.34. The lowest BCUT2D eigenvalue weighted by molar-refractivity contribution is 0.257. The molecule has 0 atom stereocenters. The number of nitrogens with zero attached hydrogens (tertiary/aromatic N) is 4. The smallest absolute Gasteiger partial charge is 0.244 e. The van der Waals surface area contributed by atoms with Crippen molar-refractivity contribution in [1.29, 1.82) is 0 Å². The monoisotopic (exact) mass is 148 g/mol. The van der Waals surface area contributed by atoms with Gasteiger partial charge in [-0.1, -0.05) is 0 Å². The summed E-state index contributed by atoms with van der Waals surface area (Å²) in [6.07, 6.45) is 1.37. The van der Waals surface area contributed by atoms with Crippen molar-refractivity contribution >= 4 is 29.6 Å². The first kappa shape index (κ1) is 6.09. The van der Waals surface area contributed by atoms with Crippen LogP contribution >= 0.6 is 0 Å². The molecule has 2 amide bonds. The fourth-order valence-corrected chi connectivity index (χ4v) is 0.909. The Labute approximate surface area is 62.3 Å². The minimum absolute atomic E-state index is 0.377. The van der Waals surface area contributed by atoms with E-state index in [0.717, 1.165) is 0 Å². The highest BCUT2D eigenvalue weighted by molar-refractivity contribution is 6.72. The maximum Gasteiger partial charge on any atom is 0.369 e. The van der Waals surface area contributed by atoms with Crippen molar-refractivity contribution < 1.29 is 4.79 Å². The van der Waals surface area contributed by atoms with Gasteiger partial charge >= 0.3 is 6.03 Å². The summed E-state index contributed by atoms with van der Waals surface area (Å²) in [5.74, 6) is 0.377. The van der Waals surface area contributed by atoms with Gasteiger partial charge in [-0.2, -0.15) is 9.98 Å². The number of rotatable bonds is 0. The van der Waals surface area contributed by atoms with Crippen molar-refractivity contribution in [2.45, 2.75) is 6.92 Å². The van der Waals surface area contributed by atoms with Gasteiger partial charge in [0, 0.05) is 0 Å². The van der Waals surface area contributed by atoms with Crippen LogP contribution in [0, 0.1) is 0 Å². The lowest BCUT2D eigenvalue weighted by Gasteiger charge is -2.02. The summed E-state index contributed by atoms with van der Waals surface area (Å²) in [7, 11) is 0. The highest BCUT2D eigenvalue weighted by Crippen LogP contribution is 2.04. The molecule has 5 heteroatoms. The topological polar surface area (TPSA) is 66.5 Å². The number of amides is 2. The van der Waals surface area contributed by atoms with Gasteiger partial charge in [-0.15, -0.1) is 0 Å². The number of fused-ring (bicyclic) bond motifs is 1. The Hall–Kier alpha value is -1.65. The highest BCUT2D eigenvalue weighted by Gasteiger charge is 2.21. The predicted molar refractivity (Wildman–Crippen MR) is 41.9 cm³/mol. The Morgan fingerprint density at radius 1 is 1.36 bits per heavy atom. The summed E-state index contributed by atoms with van der Waals surface area (Å²) in [6.45, 7) is 1.71. The first-order chi connectivity index (χ1) is 5.27. The highest BCUT2D eigenvalue weighted by atomic mass is 16.2. The number of amidine groups is 1. The molecule has 0 saturated carbocycles. The third kappa shape index (κ3) is 0.813. The maximum absolute atomic E-state index is 10.7. The lowest BCUT2D eigenvalue weighted by Crippen LogP contribution is -2.23. The van der Waals surface area contributed by atoms with E-state index in [2.05, 4.69) is 20.0 Å². The first-order valence-corrected chi connectivity index (χ1v) is 3.06. The van der Waals surface area contributed by atoms with E-state index in [1.165, 1.54) is 6.34 Å². The lowest BCUT2D eigenvalue weighted by atomic mass is 10.2. The molecule has 0 aromatic heterocycles. The van der Waals surface area contributed by atoms with Crippen molar-refractivity contribution in [2.24, 2.45) is 20.0 Å². The summed E-state index contributed by atoms with van der Waals surface area (Å²) in [5.41, 5.74) is 1.18. The molecule has 0 fully saturated rings. The van der Waals surface area contributed by atoms with Gasteiger partial charge in [-0.3, -0.25) is 0 Å². The number of hydrogen-bond acceptors (Lipinski definition) is 3. The van der Waals surface area contributed by atoms with E-state index in [-0.39, 0.29) is 0 Å². The fraction of sp³-hybridized carbons (Fsp3) is 0.167. The number of carbonyl (C=O) groups excluding carboxylic acids is 1. The SMILES string of the molecule is CC1=NC(=O)N=C2N=CN=C12. The Balaban J connectivity index is 2.54. The molecule has 0 aliphatic carbocycles. The average molecular weight is 148 g/mol. The van der Waals surface area contributed by atoms with E-state index in [1.807, 2.05) is 0 Å². The Bertz CT molecular complexity index is 348. The van der Waals surface area contributed by atoms with Crippen LogP contribution in [0.5, 0.6) is 0 Å². The number of urea groups is 1. The molecule has 2 aliphatic heterocycles. The van der Waals surface area contributed by atoms with E-state index in [4.69, 9.17) is 0 Å². The van der Waals surface area contributed by atoms with Crippen LogP contribution in [-0.4, -0.2) is 29.6 Å². The van der Waals surface area contributed by atoms with Crippen LogP contribution in [0.3, 0.4) is 0 Å². The molecule has 0 bridgehead atoms. The van der Waals surface area contributed by atoms with Gasteiger partial charge < -0.3 is 0 Å². The second kappa shape index (κ2) is 1.91. The third-order valence-electron chi connectivity index (χ3n) is 1.39. The molecule has 2 rings (SSSR count). The van der Waals surface area contributed by atoms with E-state index in [1.54, 1.807) is 6.92 Å². The Kier molecular flexibility index (Phi) is 1.06. The van der Waals surface area contributed by atoms with Crippen LogP contribution in [0.15, 0.2) is 20.0 Å². The van der Waals surface area contributed by atoms with E-state index >= 15 is 0 Å². The summed E-state index contributed by atoms with van der Waals surface area (Å²) >= 11 is 0. The first-order valence-electron chi connectivity index (χ1n) is 3.06. The molecule has 11 heavy (non-hydrogen) atoms. The summed E-state index contributed by atoms with van der Waals surface area (Å²) in [6, 6.07) is -0.504. The molecule has 0 radical (unpaired) electrons. The molecular formula is C6H4N4O. The van der Waals surface area contributed by atoms with E-state index in [9.17, 15) is 4.79 Å². The Morgan fingerprint density at radius 2 is 2.18 bits per heavy atom.